The summed E-state index contributed by atoms with van der Waals surface area (Å²) in [5.41, 5.74) is 1.51. The quantitative estimate of drug-likeness (QED) is 0.497. The minimum absolute atomic E-state index is 0.0367. The molecule has 1 aromatic carbocycles. The first-order valence-electron chi connectivity index (χ1n) is 4.52. The second-order valence-corrected chi connectivity index (χ2v) is 4.33. The van der Waals surface area contributed by atoms with Crippen molar-refractivity contribution in [2.24, 2.45) is 0 Å². The highest BCUT2D eigenvalue weighted by molar-refractivity contribution is 8.00. The fourth-order valence-corrected chi connectivity index (χ4v) is 2.24. The predicted molar refractivity (Wildman–Crippen MR) is 60.9 cm³/mol. The second-order valence-electron chi connectivity index (χ2n) is 3.35. The molecule has 0 aliphatic carbocycles. The average Bonchev–Trinajstić information content (AvgIpc) is 2.15. The van der Waals surface area contributed by atoms with E-state index in [0.29, 0.717) is 0 Å². The Morgan fingerprint density at radius 1 is 1.44 bits per heavy atom. The van der Waals surface area contributed by atoms with Crippen molar-refractivity contribution < 1.29 is 14.8 Å². The maximum absolute atomic E-state index is 10.6. The first-order valence-corrected chi connectivity index (χ1v) is 5.50. The Morgan fingerprint density at radius 3 is 2.31 bits per heavy atom. The SMILES string of the molecule is Cc1cc([N+](=O)[O-])cc(C)c1SCC(=O)O. The zero-order valence-corrected chi connectivity index (χ0v) is 9.71. The molecule has 6 heteroatoms. The molecule has 0 amide bonds. The smallest absolute Gasteiger partial charge is 0.313 e. The van der Waals surface area contributed by atoms with Gasteiger partial charge in [0.05, 0.1) is 10.7 Å². The number of hydrogen-bond acceptors (Lipinski definition) is 4. The van der Waals surface area contributed by atoms with E-state index in [-0.39, 0.29) is 11.4 Å². The van der Waals surface area contributed by atoms with E-state index in [2.05, 4.69) is 0 Å². The van der Waals surface area contributed by atoms with Crippen molar-refractivity contribution in [3.63, 3.8) is 0 Å². The lowest BCUT2D eigenvalue weighted by Gasteiger charge is -2.07. The van der Waals surface area contributed by atoms with Crippen LogP contribution in [0.3, 0.4) is 0 Å². The van der Waals surface area contributed by atoms with Crippen LogP contribution in [0.1, 0.15) is 11.1 Å². The van der Waals surface area contributed by atoms with Crippen LogP contribution < -0.4 is 0 Å². The maximum Gasteiger partial charge on any atom is 0.313 e. The lowest BCUT2D eigenvalue weighted by atomic mass is 10.1. The number of hydrogen-bond donors (Lipinski definition) is 1. The first kappa shape index (κ1) is 12.5. The van der Waals surface area contributed by atoms with E-state index in [9.17, 15) is 14.9 Å². The molecule has 0 spiro atoms. The van der Waals surface area contributed by atoms with Crippen molar-refractivity contribution in [1.82, 2.24) is 0 Å². The molecule has 0 aromatic heterocycles. The first-order chi connectivity index (χ1) is 7.41. The summed E-state index contributed by atoms with van der Waals surface area (Å²) in [6, 6.07) is 2.91. The number of rotatable bonds is 4. The van der Waals surface area contributed by atoms with Gasteiger partial charge in [-0.3, -0.25) is 14.9 Å². The van der Waals surface area contributed by atoms with Gasteiger partial charge in [-0.25, -0.2) is 0 Å². The van der Waals surface area contributed by atoms with Crippen LogP contribution in [0.25, 0.3) is 0 Å². The summed E-state index contributed by atoms with van der Waals surface area (Å²) >= 11 is 1.18. The number of nitro benzene ring substituents is 1. The number of nitro groups is 1. The Kier molecular flexibility index (Phi) is 3.89. The van der Waals surface area contributed by atoms with Gasteiger partial charge in [-0.1, -0.05) is 0 Å². The molecule has 1 N–H and O–H groups in total. The molecule has 86 valence electrons. The molecule has 0 aliphatic rings. The molecule has 0 saturated carbocycles. The van der Waals surface area contributed by atoms with Crippen LogP contribution in [0.15, 0.2) is 17.0 Å². The van der Waals surface area contributed by atoms with Gasteiger partial charge in [0, 0.05) is 17.0 Å². The van der Waals surface area contributed by atoms with Crippen molar-refractivity contribution >= 4 is 23.4 Å². The minimum Gasteiger partial charge on any atom is -0.481 e. The third-order valence-electron chi connectivity index (χ3n) is 2.00. The normalized spacial score (nSPS) is 10.1. The molecular formula is C10H11NO4S. The number of carboxylic acid groups (broad SMARTS) is 1. The van der Waals surface area contributed by atoms with Crippen LogP contribution in [0, 0.1) is 24.0 Å². The number of thioether (sulfide) groups is 1. The van der Waals surface area contributed by atoms with E-state index in [4.69, 9.17) is 5.11 Å². The number of carboxylic acids is 1. The molecule has 0 saturated heterocycles. The van der Waals surface area contributed by atoms with Crippen LogP contribution in [0.4, 0.5) is 5.69 Å². The van der Waals surface area contributed by atoms with Crippen LogP contribution in [-0.4, -0.2) is 21.8 Å². The molecule has 0 radical (unpaired) electrons. The highest BCUT2D eigenvalue weighted by atomic mass is 32.2. The number of aliphatic carboxylic acids is 1. The molecule has 5 nitrogen and oxygen atoms in total. The van der Waals surface area contributed by atoms with E-state index in [1.165, 1.54) is 23.9 Å². The highest BCUT2D eigenvalue weighted by Crippen LogP contribution is 2.29. The zero-order valence-electron chi connectivity index (χ0n) is 8.89. The summed E-state index contributed by atoms with van der Waals surface area (Å²) in [5.74, 6) is -0.943. The van der Waals surface area contributed by atoms with Gasteiger partial charge < -0.3 is 5.11 Å². The maximum atomic E-state index is 10.6. The largest absolute Gasteiger partial charge is 0.481 e. The molecule has 0 atom stereocenters. The minimum atomic E-state index is -0.901. The fraction of sp³-hybridized carbons (Fsp3) is 0.300. The number of benzene rings is 1. The Hall–Kier alpha value is -1.56. The Morgan fingerprint density at radius 2 is 1.94 bits per heavy atom. The molecule has 0 bridgehead atoms. The topological polar surface area (TPSA) is 80.4 Å². The summed E-state index contributed by atoms with van der Waals surface area (Å²) in [7, 11) is 0. The summed E-state index contributed by atoms with van der Waals surface area (Å²) in [6.45, 7) is 3.48. The van der Waals surface area contributed by atoms with Gasteiger partial charge in [-0.15, -0.1) is 11.8 Å². The molecule has 1 aromatic rings. The monoisotopic (exact) mass is 241 g/mol. The van der Waals surface area contributed by atoms with E-state index >= 15 is 0 Å². The molecule has 0 fully saturated rings. The van der Waals surface area contributed by atoms with Gasteiger partial charge in [0.15, 0.2) is 0 Å². The van der Waals surface area contributed by atoms with Crippen LogP contribution in [0.5, 0.6) is 0 Å². The highest BCUT2D eigenvalue weighted by Gasteiger charge is 2.13. The summed E-state index contributed by atoms with van der Waals surface area (Å²) in [4.78, 5) is 21.4. The molecule has 0 unspecified atom stereocenters. The standard InChI is InChI=1S/C10H11NO4S/c1-6-3-8(11(14)15)4-7(2)10(6)16-5-9(12)13/h3-4H,5H2,1-2H3,(H,12,13). The van der Waals surface area contributed by atoms with E-state index in [1.54, 1.807) is 13.8 Å². The van der Waals surface area contributed by atoms with Crippen LogP contribution in [-0.2, 0) is 4.79 Å². The number of nitrogens with zero attached hydrogens (tertiary/aromatic N) is 1. The lowest BCUT2D eigenvalue weighted by molar-refractivity contribution is -0.385. The van der Waals surface area contributed by atoms with Crippen molar-refractivity contribution in [2.45, 2.75) is 18.7 Å². The molecule has 0 aliphatic heterocycles. The van der Waals surface area contributed by atoms with Crippen molar-refractivity contribution in [1.29, 1.82) is 0 Å². The summed E-state index contributed by atoms with van der Waals surface area (Å²) < 4.78 is 0. The predicted octanol–water partition coefficient (Wildman–Crippen LogP) is 2.39. The summed E-state index contributed by atoms with van der Waals surface area (Å²) in [6.07, 6.45) is 0. The Labute approximate surface area is 96.6 Å². The van der Waals surface area contributed by atoms with Gasteiger partial charge in [0.25, 0.3) is 5.69 Å². The Bertz CT molecular complexity index is 421. The van der Waals surface area contributed by atoms with Crippen molar-refractivity contribution in [3.05, 3.63) is 33.4 Å². The average molecular weight is 241 g/mol. The van der Waals surface area contributed by atoms with E-state index in [0.717, 1.165) is 16.0 Å². The molecule has 1 rings (SSSR count). The van der Waals surface area contributed by atoms with Gasteiger partial charge in [0.1, 0.15) is 0 Å². The molecule has 16 heavy (non-hydrogen) atoms. The van der Waals surface area contributed by atoms with Crippen LogP contribution in [0.2, 0.25) is 0 Å². The lowest BCUT2D eigenvalue weighted by Crippen LogP contribution is -1.99. The number of non-ortho nitro benzene ring substituents is 1. The molecular weight excluding hydrogens is 230 g/mol. The molecule has 0 heterocycles. The van der Waals surface area contributed by atoms with Gasteiger partial charge in [-0.05, 0) is 25.0 Å². The summed E-state index contributed by atoms with van der Waals surface area (Å²) in [5, 5.41) is 19.2. The second kappa shape index (κ2) is 4.98. The number of carbonyl (C=O) groups is 1. The number of aryl methyl sites for hydroxylation is 2. The Balaban J connectivity index is 3.03. The third kappa shape index (κ3) is 2.96. The fourth-order valence-electron chi connectivity index (χ4n) is 1.39. The van der Waals surface area contributed by atoms with Gasteiger partial charge in [-0.2, -0.15) is 0 Å². The van der Waals surface area contributed by atoms with Crippen LogP contribution >= 0.6 is 11.8 Å². The van der Waals surface area contributed by atoms with Crippen molar-refractivity contribution in [3.8, 4) is 0 Å². The third-order valence-corrected chi connectivity index (χ3v) is 3.32. The van der Waals surface area contributed by atoms with Gasteiger partial charge in [0.2, 0.25) is 0 Å². The van der Waals surface area contributed by atoms with E-state index in [1.807, 2.05) is 0 Å². The van der Waals surface area contributed by atoms with Crippen molar-refractivity contribution in [2.75, 3.05) is 5.75 Å². The van der Waals surface area contributed by atoms with E-state index < -0.39 is 10.9 Å². The zero-order chi connectivity index (χ0) is 12.3. The van der Waals surface area contributed by atoms with Gasteiger partial charge >= 0.3 is 5.97 Å².